The van der Waals surface area contributed by atoms with Crippen molar-refractivity contribution in [2.45, 2.75) is 0 Å². The number of nitrogens with zero attached hydrogens (tertiary/aromatic N) is 2. The number of aliphatic carboxylic acids is 1. The zero-order chi connectivity index (χ0) is 21.8. The summed E-state index contributed by atoms with van der Waals surface area (Å²) in [6.45, 7) is -0.630. The zero-order valence-electron chi connectivity index (χ0n) is 16.0. The lowest BCUT2D eigenvalue weighted by atomic mass is 10.1. The molecule has 8 heteroatoms. The van der Waals surface area contributed by atoms with E-state index < -0.39 is 29.9 Å². The van der Waals surface area contributed by atoms with Crippen LogP contribution >= 0.6 is 0 Å². The number of nitrogens with one attached hydrogen (secondary N) is 1. The second kappa shape index (κ2) is 8.39. The maximum Gasteiger partial charge on any atom is 0.322 e. The zero-order valence-corrected chi connectivity index (χ0v) is 16.0. The van der Waals surface area contributed by atoms with Crippen LogP contribution < -0.4 is 5.32 Å². The van der Waals surface area contributed by atoms with Crippen LogP contribution in [0, 0.1) is 11.8 Å². The third kappa shape index (κ3) is 4.06. The molecule has 0 aliphatic rings. The van der Waals surface area contributed by atoms with Gasteiger partial charge in [0.15, 0.2) is 11.4 Å². The number of aromatic hydroxyl groups is 1. The maximum absolute atomic E-state index is 12.4. The number of hydrogen-bond acceptors (Lipinski definition) is 6. The fraction of sp³-hybridized carbons (Fsp3) is 0.0435. The topological polar surface area (TPSA) is 126 Å². The predicted molar refractivity (Wildman–Crippen MR) is 111 cm³/mol. The molecule has 4 aromatic rings. The van der Waals surface area contributed by atoms with E-state index in [-0.39, 0.29) is 11.3 Å². The molecule has 2 aromatic carbocycles. The van der Waals surface area contributed by atoms with E-state index >= 15 is 0 Å². The van der Waals surface area contributed by atoms with Crippen molar-refractivity contribution < 1.29 is 24.3 Å². The van der Waals surface area contributed by atoms with Crippen molar-refractivity contribution in [3.63, 3.8) is 0 Å². The van der Waals surface area contributed by atoms with E-state index in [4.69, 9.17) is 9.63 Å². The van der Waals surface area contributed by atoms with Crippen LogP contribution in [0.25, 0.3) is 22.2 Å². The Hall–Kier alpha value is -4.64. The lowest BCUT2D eigenvalue weighted by molar-refractivity contribution is -0.135. The van der Waals surface area contributed by atoms with Gasteiger partial charge >= 0.3 is 5.97 Å². The average Bonchev–Trinajstić information content (AvgIpc) is 3.24. The summed E-state index contributed by atoms with van der Waals surface area (Å²) < 4.78 is 5.34. The van der Waals surface area contributed by atoms with Gasteiger partial charge in [0.2, 0.25) is 5.58 Å². The molecule has 0 saturated heterocycles. The maximum atomic E-state index is 12.4. The minimum Gasteiger partial charge on any atom is -0.503 e. The molecular weight excluding hydrogens is 398 g/mol. The SMILES string of the molecule is O=C(O)CNC(=O)c1nc(C#Cc2ccccc2)c2c(-c3ccccc3)noc2c1O. The molecule has 0 atom stereocenters. The Morgan fingerprint density at radius 2 is 1.68 bits per heavy atom. The number of rotatable bonds is 4. The molecule has 0 unspecified atom stereocenters. The minimum atomic E-state index is -1.23. The first-order valence-corrected chi connectivity index (χ1v) is 9.19. The predicted octanol–water partition coefficient (Wildman–Crippen LogP) is 2.81. The van der Waals surface area contributed by atoms with Gasteiger partial charge in [-0.15, -0.1) is 0 Å². The standard InChI is InChI=1S/C23H15N3O5/c27-17(28)13-24-23(30)20-21(29)22-18(19(26-31-22)15-9-5-2-6-10-15)16(25-20)12-11-14-7-3-1-4-8-14/h1-10,29H,13H2,(H,24,30)(H,27,28). The lowest BCUT2D eigenvalue weighted by Gasteiger charge is -2.06. The average molecular weight is 413 g/mol. The molecule has 0 saturated carbocycles. The molecule has 4 rings (SSSR count). The van der Waals surface area contributed by atoms with Crippen molar-refractivity contribution in [1.82, 2.24) is 15.5 Å². The van der Waals surface area contributed by atoms with Crippen LogP contribution in [0.1, 0.15) is 21.7 Å². The van der Waals surface area contributed by atoms with Gasteiger partial charge in [0.25, 0.3) is 5.91 Å². The Morgan fingerprint density at radius 3 is 2.35 bits per heavy atom. The fourth-order valence-corrected chi connectivity index (χ4v) is 2.93. The molecule has 0 aliphatic heterocycles. The van der Waals surface area contributed by atoms with Gasteiger partial charge in [-0.1, -0.05) is 59.6 Å². The smallest absolute Gasteiger partial charge is 0.322 e. The summed E-state index contributed by atoms with van der Waals surface area (Å²) in [5, 5.41) is 26.0. The van der Waals surface area contributed by atoms with Gasteiger partial charge in [0.1, 0.15) is 17.9 Å². The first kappa shape index (κ1) is 19.7. The quantitative estimate of drug-likeness (QED) is 0.439. The summed E-state index contributed by atoms with van der Waals surface area (Å²) in [7, 11) is 0. The lowest BCUT2D eigenvalue weighted by Crippen LogP contribution is -2.30. The second-order valence-corrected chi connectivity index (χ2v) is 6.45. The summed E-state index contributed by atoms with van der Waals surface area (Å²) in [6.07, 6.45) is 0. The van der Waals surface area contributed by atoms with Crippen molar-refractivity contribution in [3.05, 3.63) is 77.6 Å². The van der Waals surface area contributed by atoms with Gasteiger partial charge in [-0.05, 0) is 18.1 Å². The molecule has 2 aromatic heterocycles. The molecule has 152 valence electrons. The number of carboxylic acids is 1. The number of benzene rings is 2. The largest absolute Gasteiger partial charge is 0.503 e. The van der Waals surface area contributed by atoms with E-state index in [1.165, 1.54) is 0 Å². The van der Waals surface area contributed by atoms with Gasteiger partial charge in [-0.3, -0.25) is 9.59 Å². The highest BCUT2D eigenvalue weighted by molar-refractivity contribution is 6.05. The van der Waals surface area contributed by atoms with E-state index in [0.29, 0.717) is 16.6 Å². The van der Waals surface area contributed by atoms with E-state index in [9.17, 15) is 14.7 Å². The fourth-order valence-electron chi connectivity index (χ4n) is 2.93. The number of carbonyl (C=O) groups excluding carboxylic acids is 1. The van der Waals surface area contributed by atoms with E-state index in [0.717, 1.165) is 5.56 Å². The van der Waals surface area contributed by atoms with Crippen LogP contribution in [0.3, 0.4) is 0 Å². The monoisotopic (exact) mass is 413 g/mol. The van der Waals surface area contributed by atoms with Gasteiger partial charge in [0, 0.05) is 11.1 Å². The molecule has 1 amide bonds. The van der Waals surface area contributed by atoms with Gasteiger partial charge in [-0.2, -0.15) is 0 Å². The molecule has 31 heavy (non-hydrogen) atoms. The van der Waals surface area contributed by atoms with E-state index in [1.54, 1.807) is 0 Å². The Morgan fingerprint density at radius 1 is 1.00 bits per heavy atom. The third-order valence-electron chi connectivity index (χ3n) is 4.35. The van der Waals surface area contributed by atoms with Crippen LogP contribution in [-0.2, 0) is 4.79 Å². The molecule has 3 N–H and O–H groups in total. The van der Waals surface area contributed by atoms with Gasteiger partial charge < -0.3 is 20.1 Å². The Bertz CT molecular complexity index is 1340. The molecule has 0 aliphatic carbocycles. The number of amides is 1. The molecular formula is C23H15N3O5. The van der Waals surface area contributed by atoms with E-state index in [1.807, 2.05) is 60.7 Å². The van der Waals surface area contributed by atoms with Crippen molar-refractivity contribution in [2.75, 3.05) is 6.54 Å². The number of carboxylic acid groups (broad SMARTS) is 1. The van der Waals surface area contributed by atoms with E-state index in [2.05, 4.69) is 27.3 Å². The number of carbonyl (C=O) groups is 2. The number of hydrogen-bond donors (Lipinski definition) is 3. The van der Waals surface area contributed by atoms with Crippen LogP contribution in [0.2, 0.25) is 0 Å². The number of pyridine rings is 1. The highest BCUT2D eigenvalue weighted by Crippen LogP contribution is 2.36. The Kier molecular flexibility index (Phi) is 5.32. The summed E-state index contributed by atoms with van der Waals surface area (Å²) in [6, 6.07) is 18.3. The third-order valence-corrected chi connectivity index (χ3v) is 4.35. The minimum absolute atomic E-state index is 0.0633. The van der Waals surface area contributed by atoms with Crippen LogP contribution in [-0.4, -0.2) is 38.8 Å². The molecule has 0 spiro atoms. The molecule has 0 radical (unpaired) electrons. The molecule has 0 bridgehead atoms. The normalized spacial score (nSPS) is 10.3. The van der Waals surface area contributed by atoms with Crippen LogP contribution in [0.15, 0.2) is 65.2 Å². The van der Waals surface area contributed by atoms with Gasteiger partial charge in [-0.25, -0.2) is 4.98 Å². The summed E-state index contributed by atoms with van der Waals surface area (Å²) in [5.41, 5.74) is 1.55. The first-order valence-electron chi connectivity index (χ1n) is 9.19. The number of fused-ring (bicyclic) bond motifs is 1. The molecule has 2 heterocycles. The summed E-state index contributed by atoms with van der Waals surface area (Å²) in [4.78, 5) is 27.4. The van der Waals surface area contributed by atoms with Crippen molar-refractivity contribution >= 4 is 22.8 Å². The van der Waals surface area contributed by atoms with Crippen molar-refractivity contribution in [1.29, 1.82) is 0 Å². The van der Waals surface area contributed by atoms with Crippen molar-refractivity contribution in [3.8, 4) is 28.8 Å². The molecule has 0 fully saturated rings. The van der Waals surface area contributed by atoms with Crippen molar-refractivity contribution in [2.24, 2.45) is 0 Å². The first-order chi connectivity index (χ1) is 15.0. The highest BCUT2D eigenvalue weighted by atomic mass is 16.5. The highest BCUT2D eigenvalue weighted by Gasteiger charge is 2.25. The summed E-state index contributed by atoms with van der Waals surface area (Å²) in [5.74, 6) is 3.24. The second-order valence-electron chi connectivity index (χ2n) is 6.45. The number of aromatic nitrogens is 2. The molecule has 8 nitrogen and oxygen atoms in total. The summed E-state index contributed by atoms with van der Waals surface area (Å²) >= 11 is 0. The van der Waals surface area contributed by atoms with Crippen LogP contribution in [0.5, 0.6) is 5.75 Å². The Labute approximate surface area is 176 Å². The Balaban J connectivity index is 1.91. The van der Waals surface area contributed by atoms with Crippen LogP contribution in [0.4, 0.5) is 0 Å². The van der Waals surface area contributed by atoms with Gasteiger partial charge in [0.05, 0.1) is 5.39 Å².